The minimum atomic E-state index is -0.357. The van der Waals surface area contributed by atoms with E-state index >= 15 is 0 Å². The minimum absolute atomic E-state index is 0.300. The molecule has 3 aromatic rings. The number of benzene rings is 2. The van der Waals surface area contributed by atoms with Gasteiger partial charge in [0.15, 0.2) is 0 Å². The molecule has 27 heavy (non-hydrogen) atoms. The Morgan fingerprint density at radius 1 is 1.22 bits per heavy atom. The van der Waals surface area contributed by atoms with Crippen molar-refractivity contribution in [1.29, 1.82) is 0 Å². The summed E-state index contributed by atoms with van der Waals surface area (Å²) >= 11 is 8.34. The lowest BCUT2D eigenvalue weighted by molar-refractivity contribution is -0.132. The SMILES string of the molecule is CC(=O)Oc1ccc2c(c1)cc(CCOC=O)n2Cc1ccc(Cl)c(I)c1. The molecule has 2 aromatic carbocycles. The standard InChI is InChI=1S/C20H17ClINO4/c1-13(25)27-17-3-5-20-15(10-17)9-16(6-7-26-12-24)23(20)11-14-2-4-18(21)19(22)8-14/h2-5,8-10,12H,6-7,11H2,1H3. The van der Waals surface area contributed by atoms with E-state index in [1.807, 2.05) is 36.4 Å². The molecule has 1 aromatic heterocycles. The van der Waals surface area contributed by atoms with Gasteiger partial charge in [0.05, 0.1) is 11.6 Å². The molecule has 0 atom stereocenters. The summed E-state index contributed by atoms with van der Waals surface area (Å²) in [6.45, 7) is 2.78. The molecule has 0 fully saturated rings. The van der Waals surface area contributed by atoms with Crippen molar-refractivity contribution in [3.05, 3.63) is 62.3 Å². The van der Waals surface area contributed by atoms with Crippen LogP contribution in [0.4, 0.5) is 0 Å². The average molecular weight is 498 g/mol. The quantitative estimate of drug-likeness (QED) is 0.158. The Labute approximate surface area is 175 Å². The zero-order valence-electron chi connectivity index (χ0n) is 14.6. The molecule has 3 rings (SSSR count). The molecule has 0 aliphatic carbocycles. The van der Waals surface area contributed by atoms with E-state index in [9.17, 15) is 9.59 Å². The summed E-state index contributed by atoms with van der Waals surface area (Å²) < 4.78 is 13.2. The van der Waals surface area contributed by atoms with Crippen LogP contribution in [0.1, 0.15) is 18.2 Å². The van der Waals surface area contributed by atoms with Crippen LogP contribution >= 0.6 is 34.2 Å². The van der Waals surface area contributed by atoms with Crippen molar-refractivity contribution in [3.63, 3.8) is 0 Å². The van der Waals surface area contributed by atoms with Gasteiger partial charge in [-0.25, -0.2) is 0 Å². The fourth-order valence-corrected chi connectivity index (χ4v) is 3.66. The van der Waals surface area contributed by atoms with Gasteiger partial charge in [-0.2, -0.15) is 0 Å². The number of carbonyl (C=O) groups is 2. The highest BCUT2D eigenvalue weighted by molar-refractivity contribution is 14.1. The largest absolute Gasteiger partial charge is 0.467 e. The summed E-state index contributed by atoms with van der Waals surface area (Å²) in [5, 5.41) is 1.68. The number of hydrogen-bond acceptors (Lipinski definition) is 4. The van der Waals surface area contributed by atoms with E-state index in [1.54, 1.807) is 6.07 Å². The van der Waals surface area contributed by atoms with Crippen LogP contribution in [0, 0.1) is 3.57 Å². The molecule has 7 heteroatoms. The molecule has 0 saturated carbocycles. The maximum Gasteiger partial charge on any atom is 0.308 e. The molecule has 0 aliphatic heterocycles. The molecule has 0 aliphatic rings. The van der Waals surface area contributed by atoms with E-state index in [-0.39, 0.29) is 5.97 Å². The first kappa shape index (κ1) is 19.7. The molecule has 0 saturated heterocycles. The molecule has 0 spiro atoms. The highest BCUT2D eigenvalue weighted by atomic mass is 127. The molecule has 1 heterocycles. The van der Waals surface area contributed by atoms with Gasteiger partial charge in [0.25, 0.3) is 6.47 Å². The smallest absolute Gasteiger partial charge is 0.308 e. The second kappa shape index (κ2) is 8.75. The van der Waals surface area contributed by atoms with Gasteiger partial charge in [-0.05, 0) is 64.6 Å². The van der Waals surface area contributed by atoms with Crippen LogP contribution in [-0.4, -0.2) is 23.6 Å². The molecule has 0 radical (unpaired) electrons. The highest BCUT2D eigenvalue weighted by Crippen LogP contribution is 2.27. The molecule has 0 unspecified atom stereocenters. The summed E-state index contributed by atoms with van der Waals surface area (Å²) in [6, 6.07) is 13.5. The molecular weight excluding hydrogens is 481 g/mol. The van der Waals surface area contributed by atoms with Crippen LogP contribution in [0.2, 0.25) is 5.02 Å². The normalized spacial score (nSPS) is 10.8. The molecule has 5 nitrogen and oxygen atoms in total. The summed E-state index contributed by atoms with van der Waals surface area (Å²) in [4.78, 5) is 21.7. The van der Waals surface area contributed by atoms with Gasteiger partial charge in [0, 0.05) is 40.1 Å². The maximum absolute atomic E-state index is 11.2. The van der Waals surface area contributed by atoms with E-state index in [2.05, 4.69) is 27.2 Å². The third kappa shape index (κ3) is 4.81. The Hall–Kier alpha value is -2.06. The van der Waals surface area contributed by atoms with E-state index in [4.69, 9.17) is 21.1 Å². The predicted octanol–water partition coefficient (Wildman–Crippen LogP) is 4.59. The number of halogens is 2. The first-order valence-electron chi connectivity index (χ1n) is 8.27. The Balaban J connectivity index is 2.00. The van der Waals surface area contributed by atoms with E-state index < -0.39 is 0 Å². The zero-order chi connectivity index (χ0) is 19.4. The van der Waals surface area contributed by atoms with Crippen LogP contribution < -0.4 is 4.74 Å². The molecule has 0 amide bonds. The molecule has 0 bridgehead atoms. The first-order chi connectivity index (χ1) is 13.0. The lowest BCUT2D eigenvalue weighted by Crippen LogP contribution is -2.07. The molecule has 140 valence electrons. The van der Waals surface area contributed by atoms with Crippen LogP contribution in [0.15, 0.2) is 42.5 Å². The van der Waals surface area contributed by atoms with Gasteiger partial charge in [0.1, 0.15) is 5.75 Å². The van der Waals surface area contributed by atoms with Gasteiger partial charge in [-0.1, -0.05) is 17.7 Å². The number of esters is 1. The predicted molar refractivity (Wildman–Crippen MR) is 112 cm³/mol. The summed E-state index contributed by atoms with van der Waals surface area (Å²) in [5.41, 5.74) is 3.15. The number of ether oxygens (including phenoxy) is 2. The van der Waals surface area contributed by atoms with Crippen molar-refractivity contribution in [2.45, 2.75) is 19.9 Å². The topological polar surface area (TPSA) is 57.5 Å². The number of fused-ring (bicyclic) bond motifs is 1. The fraction of sp³-hybridized carbons (Fsp3) is 0.200. The first-order valence-corrected chi connectivity index (χ1v) is 9.73. The Bertz CT molecular complexity index is 999. The summed E-state index contributed by atoms with van der Waals surface area (Å²) in [6.07, 6.45) is 0.584. The van der Waals surface area contributed by atoms with E-state index in [1.165, 1.54) is 6.92 Å². The number of nitrogens with zero attached hydrogens (tertiary/aromatic N) is 1. The summed E-state index contributed by atoms with van der Waals surface area (Å²) in [5.74, 6) is 0.146. The van der Waals surface area contributed by atoms with Gasteiger partial charge >= 0.3 is 5.97 Å². The van der Waals surface area contributed by atoms with Crippen LogP contribution in [-0.2, 0) is 27.3 Å². The van der Waals surface area contributed by atoms with Crippen LogP contribution in [0.3, 0.4) is 0 Å². The monoisotopic (exact) mass is 497 g/mol. The average Bonchev–Trinajstić information content (AvgIpc) is 2.95. The van der Waals surface area contributed by atoms with Crippen molar-refractivity contribution in [2.75, 3.05) is 6.61 Å². The lowest BCUT2D eigenvalue weighted by Gasteiger charge is -2.12. The second-order valence-electron chi connectivity index (χ2n) is 6.00. The highest BCUT2D eigenvalue weighted by Gasteiger charge is 2.12. The van der Waals surface area contributed by atoms with E-state index in [0.717, 1.165) is 30.8 Å². The third-order valence-corrected chi connectivity index (χ3v) is 5.63. The van der Waals surface area contributed by atoms with Gasteiger partial charge in [-0.3, -0.25) is 9.59 Å². The second-order valence-corrected chi connectivity index (χ2v) is 7.57. The number of rotatable bonds is 7. The summed E-state index contributed by atoms with van der Waals surface area (Å²) in [7, 11) is 0. The van der Waals surface area contributed by atoms with Crippen molar-refractivity contribution in [1.82, 2.24) is 4.57 Å². The van der Waals surface area contributed by atoms with Crippen molar-refractivity contribution in [2.24, 2.45) is 0 Å². The fourth-order valence-electron chi connectivity index (χ4n) is 2.96. The van der Waals surface area contributed by atoms with Gasteiger partial charge in [0.2, 0.25) is 0 Å². The van der Waals surface area contributed by atoms with Crippen LogP contribution in [0.5, 0.6) is 5.75 Å². The maximum atomic E-state index is 11.2. The number of aromatic nitrogens is 1. The van der Waals surface area contributed by atoms with Crippen molar-refractivity contribution in [3.8, 4) is 5.75 Å². The molecular formula is C20H17ClINO4. The van der Waals surface area contributed by atoms with Crippen LogP contribution in [0.25, 0.3) is 10.9 Å². The Kier molecular flexibility index (Phi) is 6.38. The van der Waals surface area contributed by atoms with Gasteiger partial charge < -0.3 is 14.0 Å². The number of hydrogen-bond donors (Lipinski definition) is 0. The minimum Gasteiger partial charge on any atom is -0.467 e. The zero-order valence-corrected chi connectivity index (χ0v) is 17.5. The van der Waals surface area contributed by atoms with Crippen molar-refractivity contribution >= 4 is 57.5 Å². The van der Waals surface area contributed by atoms with Gasteiger partial charge in [-0.15, -0.1) is 0 Å². The van der Waals surface area contributed by atoms with E-state index in [0.29, 0.717) is 31.8 Å². The lowest BCUT2D eigenvalue weighted by atomic mass is 10.2. The number of carbonyl (C=O) groups excluding carboxylic acids is 2. The Morgan fingerprint density at radius 2 is 2.04 bits per heavy atom. The molecule has 0 N–H and O–H groups in total. The Morgan fingerprint density at radius 3 is 2.74 bits per heavy atom. The van der Waals surface area contributed by atoms with Crippen molar-refractivity contribution < 1.29 is 19.1 Å². The third-order valence-electron chi connectivity index (χ3n) is 4.09.